The highest BCUT2D eigenvalue weighted by Crippen LogP contribution is 2.29. The van der Waals surface area contributed by atoms with Gasteiger partial charge in [-0.1, -0.05) is 31.2 Å². The summed E-state index contributed by atoms with van der Waals surface area (Å²) in [4.78, 5) is 11.6. The summed E-state index contributed by atoms with van der Waals surface area (Å²) in [5.74, 6) is 0.00827. The van der Waals surface area contributed by atoms with Crippen molar-refractivity contribution in [3.05, 3.63) is 41.1 Å². The Hall–Kier alpha value is -1.77. The number of aryl methyl sites for hydroxylation is 1. The maximum absolute atomic E-state index is 11.6. The van der Waals surface area contributed by atoms with Gasteiger partial charge >= 0.3 is 0 Å². The Kier molecular flexibility index (Phi) is 2.92. The molecule has 3 nitrogen and oxygen atoms in total. The first-order valence-electron chi connectivity index (χ1n) is 5.91. The van der Waals surface area contributed by atoms with E-state index in [-0.39, 0.29) is 5.91 Å². The van der Waals surface area contributed by atoms with Gasteiger partial charge in [-0.15, -0.1) is 0 Å². The maximum Gasteiger partial charge on any atom is 0.249 e. The monoisotopic (exact) mass is 230 g/mol. The van der Waals surface area contributed by atoms with Crippen LogP contribution in [-0.2, 0) is 11.2 Å². The van der Waals surface area contributed by atoms with Crippen LogP contribution in [0.5, 0.6) is 0 Å². The summed E-state index contributed by atoms with van der Waals surface area (Å²) in [7, 11) is 0. The van der Waals surface area contributed by atoms with Gasteiger partial charge in [-0.2, -0.15) is 0 Å². The van der Waals surface area contributed by atoms with Crippen LogP contribution in [0.1, 0.15) is 31.9 Å². The van der Waals surface area contributed by atoms with Crippen LogP contribution in [0.15, 0.2) is 30.0 Å². The highest BCUT2D eigenvalue weighted by Gasteiger charge is 2.37. The van der Waals surface area contributed by atoms with Gasteiger partial charge in [0.1, 0.15) is 0 Å². The van der Waals surface area contributed by atoms with E-state index in [2.05, 4.69) is 42.0 Å². The minimum Gasteiger partial charge on any atom is -0.302 e. The van der Waals surface area contributed by atoms with Crippen molar-refractivity contribution in [2.45, 2.75) is 27.2 Å². The SMILES string of the molecule is CCc1ccc(/C=C2\NNC(=O)C2(C)C)cc1. The summed E-state index contributed by atoms with van der Waals surface area (Å²) >= 11 is 0. The highest BCUT2D eigenvalue weighted by molar-refractivity contribution is 5.89. The molecule has 1 heterocycles. The number of benzene rings is 1. The van der Waals surface area contributed by atoms with Crippen LogP contribution in [0.3, 0.4) is 0 Å². The molecule has 1 aliphatic rings. The summed E-state index contributed by atoms with van der Waals surface area (Å²) < 4.78 is 0. The molecule has 0 bridgehead atoms. The van der Waals surface area contributed by atoms with Crippen molar-refractivity contribution >= 4 is 12.0 Å². The Labute approximate surface area is 102 Å². The van der Waals surface area contributed by atoms with Gasteiger partial charge in [0.2, 0.25) is 5.91 Å². The molecule has 1 aromatic carbocycles. The third-order valence-corrected chi connectivity index (χ3v) is 3.25. The predicted molar refractivity (Wildman–Crippen MR) is 68.9 cm³/mol. The first-order valence-corrected chi connectivity index (χ1v) is 5.91. The van der Waals surface area contributed by atoms with Crippen molar-refractivity contribution in [3.8, 4) is 0 Å². The number of carbonyl (C=O) groups excluding carboxylic acids is 1. The lowest BCUT2D eigenvalue weighted by Crippen LogP contribution is -2.28. The normalized spacial score (nSPS) is 20.2. The van der Waals surface area contributed by atoms with Gasteiger partial charge in [-0.25, -0.2) is 0 Å². The number of hydrazine groups is 1. The van der Waals surface area contributed by atoms with E-state index in [4.69, 9.17) is 0 Å². The van der Waals surface area contributed by atoms with Crippen LogP contribution in [0, 0.1) is 5.41 Å². The number of rotatable bonds is 2. The van der Waals surface area contributed by atoms with Gasteiger partial charge < -0.3 is 5.43 Å². The Morgan fingerprint density at radius 3 is 2.29 bits per heavy atom. The van der Waals surface area contributed by atoms with Crippen LogP contribution in [0.25, 0.3) is 6.08 Å². The van der Waals surface area contributed by atoms with E-state index in [0.717, 1.165) is 17.7 Å². The smallest absolute Gasteiger partial charge is 0.249 e. The molecule has 1 aliphatic heterocycles. The molecule has 0 atom stereocenters. The molecule has 1 fully saturated rings. The third-order valence-electron chi connectivity index (χ3n) is 3.25. The van der Waals surface area contributed by atoms with Gasteiger partial charge in [0.25, 0.3) is 0 Å². The fourth-order valence-corrected chi connectivity index (χ4v) is 1.79. The van der Waals surface area contributed by atoms with E-state index in [0.29, 0.717) is 0 Å². The topological polar surface area (TPSA) is 41.1 Å². The highest BCUT2D eigenvalue weighted by atomic mass is 16.2. The lowest BCUT2D eigenvalue weighted by atomic mass is 9.89. The summed E-state index contributed by atoms with van der Waals surface area (Å²) in [6.45, 7) is 5.96. The minimum atomic E-state index is -0.483. The zero-order chi connectivity index (χ0) is 12.5. The lowest BCUT2D eigenvalue weighted by molar-refractivity contribution is -0.125. The first-order chi connectivity index (χ1) is 8.04. The lowest BCUT2D eigenvalue weighted by Gasteiger charge is -2.14. The zero-order valence-electron chi connectivity index (χ0n) is 10.5. The van der Waals surface area contributed by atoms with Crippen LogP contribution < -0.4 is 10.9 Å². The number of nitrogens with one attached hydrogen (secondary N) is 2. The molecule has 2 rings (SSSR count). The van der Waals surface area contributed by atoms with Crippen molar-refractivity contribution in [1.29, 1.82) is 0 Å². The molecule has 1 amide bonds. The fourth-order valence-electron chi connectivity index (χ4n) is 1.79. The van der Waals surface area contributed by atoms with Gasteiger partial charge in [-0.05, 0) is 37.5 Å². The van der Waals surface area contributed by atoms with Crippen molar-refractivity contribution < 1.29 is 4.79 Å². The van der Waals surface area contributed by atoms with Crippen LogP contribution in [-0.4, -0.2) is 5.91 Å². The molecule has 0 saturated carbocycles. The number of hydrogen-bond donors (Lipinski definition) is 2. The number of carbonyl (C=O) groups is 1. The van der Waals surface area contributed by atoms with E-state index in [9.17, 15) is 4.79 Å². The third kappa shape index (κ3) is 2.18. The summed E-state index contributed by atoms with van der Waals surface area (Å²) in [6, 6.07) is 8.38. The Morgan fingerprint density at radius 2 is 1.82 bits per heavy atom. The van der Waals surface area contributed by atoms with E-state index >= 15 is 0 Å². The zero-order valence-corrected chi connectivity index (χ0v) is 10.5. The molecule has 0 radical (unpaired) electrons. The van der Waals surface area contributed by atoms with Crippen LogP contribution in [0.4, 0.5) is 0 Å². The molecule has 90 valence electrons. The van der Waals surface area contributed by atoms with Crippen molar-refractivity contribution in [3.63, 3.8) is 0 Å². The summed E-state index contributed by atoms with van der Waals surface area (Å²) in [5.41, 5.74) is 8.43. The second-order valence-electron chi connectivity index (χ2n) is 4.86. The molecule has 2 N–H and O–H groups in total. The molecule has 0 spiro atoms. The molecule has 0 unspecified atom stereocenters. The predicted octanol–water partition coefficient (Wildman–Crippen LogP) is 2.25. The number of amides is 1. The quantitative estimate of drug-likeness (QED) is 0.818. The van der Waals surface area contributed by atoms with E-state index in [1.54, 1.807) is 0 Å². The molecule has 1 saturated heterocycles. The van der Waals surface area contributed by atoms with Gasteiger partial charge in [0, 0.05) is 5.70 Å². The largest absolute Gasteiger partial charge is 0.302 e. The second kappa shape index (κ2) is 4.24. The molecule has 0 aromatic heterocycles. The van der Waals surface area contributed by atoms with Crippen LogP contribution >= 0.6 is 0 Å². The average Bonchev–Trinajstić information content (AvgIpc) is 2.57. The van der Waals surface area contributed by atoms with Gasteiger partial charge in [-0.3, -0.25) is 10.2 Å². The van der Waals surface area contributed by atoms with E-state index in [1.807, 2.05) is 19.9 Å². The fraction of sp³-hybridized carbons (Fsp3) is 0.357. The summed E-state index contributed by atoms with van der Waals surface area (Å²) in [6.07, 6.45) is 3.05. The van der Waals surface area contributed by atoms with Gasteiger partial charge in [0.15, 0.2) is 0 Å². The van der Waals surface area contributed by atoms with E-state index in [1.165, 1.54) is 5.56 Å². The first kappa shape index (κ1) is 11.7. The molecule has 1 aromatic rings. The van der Waals surface area contributed by atoms with Crippen molar-refractivity contribution in [2.24, 2.45) is 5.41 Å². The Bertz CT molecular complexity index is 458. The summed E-state index contributed by atoms with van der Waals surface area (Å²) in [5, 5.41) is 0. The van der Waals surface area contributed by atoms with E-state index < -0.39 is 5.41 Å². The molecular weight excluding hydrogens is 212 g/mol. The average molecular weight is 230 g/mol. The Morgan fingerprint density at radius 1 is 1.18 bits per heavy atom. The van der Waals surface area contributed by atoms with Crippen LogP contribution in [0.2, 0.25) is 0 Å². The minimum absolute atomic E-state index is 0.00827. The number of hydrogen-bond acceptors (Lipinski definition) is 2. The standard InChI is InChI=1S/C14H18N2O/c1-4-10-5-7-11(8-6-10)9-12-14(2,3)13(17)16-15-12/h5-9,15H,4H2,1-3H3,(H,16,17)/b12-9-. The molecular formula is C14H18N2O. The molecule has 0 aliphatic carbocycles. The van der Waals surface area contributed by atoms with Crippen molar-refractivity contribution in [2.75, 3.05) is 0 Å². The van der Waals surface area contributed by atoms with Crippen molar-refractivity contribution in [1.82, 2.24) is 10.9 Å². The Balaban J connectivity index is 2.27. The van der Waals surface area contributed by atoms with Gasteiger partial charge in [0.05, 0.1) is 5.41 Å². The molecule has 3 heteroatoms. The maximum atomic E-state index is 11.6. The molecule has 17 heavy (non-hydrogen) atoms. The second-order valence-corrected chi connectivity index (χ2v) is 4.86.